The van der Waals surface area contributed by atoms with Gasteiger partial charge in [-0.3, -0.25) is 4.79 Å². The fraction of sp³-hybridized carbons (Fsp3) is 0.316. The molecule has 0 spiro atoms. The van der Waals surface area contributed by atoms with Crippen molar-refractivity contribution in [3.8, 4) is 0 Å². The Hall–Kier alpha value is -2.04. The van der Waals surface area contributed by atoms with E-state index in [9.17, 15) is 4.79 Å². The van der Waals surface area contributed by atoms with Crippen molar-refractivity contribution < 1.29 is 9.53 Å². The Balaban J connectivity index is 1.82. The van der Waals surface area contributed by atoms with Crippen LogP contribution in [-0.2, 0) is 11.2 Å². The monoisotopic (exact) mass is 344 g/mol. The molecule has 1 fully saturated rings. The van der Waals surface area contributed by atoms with Crippen molar-refractivity contribution in [2.75, 3.05) is 36.5 Å². The second-order valence-electron chi connectivity index (χ2n) is 5.77. The Morgan fingerprint density at radius 2 is 1.88 bits per heavy atom. The first kappa shape index (κ1) is 16.8. The summed E-state index contributed by atoms with van der Waals surface area (Å²) in [4.78, 5) is 14.8. The first-order chi connectivity index (χ1) is 11.7. The average Bonchev–Trinajstić information content (AvgIpc) is 2.62. The van der Waals surface area contributed by atoms with Gasteiger partial charge in [-0.1, -0.05) is 30.7 Å². The van der Waals surface area contributed by atoms with Gasteiger partial charge in [0, 0.05) is 23.7 Å². The highest BCUT2D eigenvalue weighted by Gasteiger charge is 2.17. The molecular formula is C19H21ClN2O2. The van der Waals surface area contributed by atoms with Crippen LogP contribution < -0.4 is 10.2 Å². The van der Waals surface area contributed by atoms with Crippen molar-refractivity contribution in [3.05, 3.63) is 58.6 Å². The van der Waals surface area contributed by atoms with Crippen LogP contribution >= 0.6 is 11.6 Å². The Kier molecular flexibility index (Phi) is 5.38. The first-order valence-electron chi connectivity index (χ1n) is 8.20. The van der Waals surface area contributed by atoms with E-state index in [0.29, 0.717) is 23.8 Å². The molecule has 0 radical (unpaired) electrons. The molecule has 126 valence electrons. The van der Waals surface area contributed by atoms with Crippen molar-refractivity contribution in [2.45, 2.75) is 13.3 Å². The molecule has 24 heavy (non-hydrogen) atoms. The number of halogens is 1. The molecule has 1 heterocycles. The number of nitrogens with zero attached hydrogens (tertiary/aromatic N) is 1. The van der Waals surface area contributed by atoms with Gasteiger partial charge in [-0.25, -0.2) is 0 Å². The topological polar surface area (TPSA) is 41.6 Å². The van der Waals surface area contributed by atoms with Crippen LogP contribution in [0.4, 0.5) is 11.4 Å². The van der Waals surface area contributed by atoms with Crippen LogP contribution in [0.2, 0.25) is 5.02 Å². The minimum absolute atomic E-state index is 0.130. The van der Waals surface area contributed by atoms with Gasteiger partial charge in [-0.05, 0) is 42.3 Å². The SMILES string of the molecule is CCc1ccc(C(=O)Nc2cc(Cl)ccc2N2CCOCC2)cc1. The molecule has 1 amide bonds. The minimum atomic E-state index is -0.130. The number of ether oxygens (including phenoxy) is 1. The third-order valence-corrected chi connectivity index (χ3v) is 4.42. The summed E-state index contributed by atoms with van der Waals surface area (Å²) in [5, 5.41) is 3.60. The smallest absolute Gasteiger partial charge is 0.255 e. The number of hydrogen-bond acceptors (Lipinski definition) is 3. The van der Waals surface area contributed by atoms with E-state index in [1.807, 2.05) is 36.4 Å². The zero-order chi connectivity index (χ0) is 16.9. The molecule has 1 aliphatic rings. The standard InChI is InChI=1S/C19H21ClN2O2/c1-2-14-3-5-15(6-4-14)19(23)21-17-13-16(20)7-8-18(17)22-9-11-24-12-10-22/h3-8,13H,2,9-12H2,1H3,(H,21,23). The predicted octanol–water partition coefficient (Wildman–Crippen LogP) is 3.99. The maximum atomic E-state index is 12.6. The lowest BCUT2D eigenvalue weighted by Crippen LogP contribution is -2.36. The van der Waals surface area contributed by atoms with E-state index in [1.54, 1.807) is 6.07 Å². The number of carbonyl (C=O) groups is 1. The van der Waals surface area contributed by atoms with E-state index in [0.717, 1.165) is 30.9 Å². The number of morpholine rings is 1. The quantitative estimate of drug-likeness (QED) is 0.911. The third-order valence-electron chi connectivity index (χ3n) is 4.18. The molecule has 3 rings (SSSR count). The van der Waals surface area contributed by atoms with Crippen molar-refractivity contribution in [2.24, 2.45) is 0 Å². The lowest BCUT2D eigenvalue weighted by atomic mass is 10.1. The Morgan fingerprint density at radius 3 is 2.54 bits per heavy atom. The minimum Gasteiger partial charge on any atom is -0.378 e. The van der Waals surface area contributed by atoms with E-state index in [4.69, 9.17) is 16.3 Å². The maximum absolute atomic E-state index is 12.6. The van der Waals surface area contributed by atoms with Gasteiger partial charge in [0.05, 0.1) is 24.6 Å². The summed E-state index contributed by atoms with van der Waals surface area (Å²) < 4.78 is 5.40. The molecule has 0 saturated carbocycles. The summed E-state index contributed by atoms with van der Waals surface area (Å²) in [6.45, 7) is 5.07. The molecule has 0 aliphatic carbocycles. The summed E-state index contributed by atoms with van der Waals surface area (Å²) in [5.74, 6) is -0.130. The molecule has 0 atom stereocenters. The van der Waals surface area contributed by atoms with Gasteiger partial charge in [0.25, 0.3) is 5.91 Å². The molecule has 1 N–H and O–H groups in total. The number of nitrogens with one attached hydrogen (secondary N) is 1. The molecule has 2 aromatic carbocycles. The van der Waals surface area contributed by atoms with Crippen LogP contribution in [0.5, 0.6) is 0 Å². The molecule has 1 aliphatic heterocycles. The summed E-state index contributed by atoms with van der Waals surface area (Å²) in [5.41, 5.74) is 3.55. The number of carbonyl (C=O) groups excluding carboxylic acids is 1. The van der Waals surface area contributed by atoms with Crippen LogP contribution in [0, 0.1) is 0 Å². The number of amides is 1. The first-order valence-corrected chi connectivity index (χ1v) is 8.57. The molecule has 5 heteroatoms. The fourth-order valence-electron chi connectivity index (χ4n) is 2.77. The van der Waals surface area contributed by atoms with Gasteiger partial charge in [0.15, 0.2) is 0 Å². The van der Waals surface area contributed by atoms with E-state index >= 15 is 0 Å². The largest absolute Gasteiger partial charge is 0.378 e. The number of anilines is 2. The second-order valence-corrected chi connectivity index (χ2v) is 6.20. The zero-order valence-electron chi connectivity index (χ0n) is 13.7. The van der Waals surface area contributed by atoms with Gasteiger partial charge in [-0.15, -0.1) is 0 Å². The second kappa shape index (κ2) is 7.69. The maximum Gasteiger partial charge on any atom is 0.255 e. The van der Waals surface area contributed by atoms with Crippen molar-refractivity contribution in [1.82, 2.24) is 0 Å². The lowest BCUT2D eigenvalue weighted by molar-refractivity contribution is 0.102. The van der Waals surface area contributed by atoms with Crippen LogP contribution in [0.1, 0.15) is 22.8 Å². The van der Waals surface area contributed by atoms with Gasteiger partial charge >= 0.3 is 0 Å². The number of aryl methyl sites for hydroxylation is 1. The van der Waals surface area contributed by atoms with E-state index in [-0.39, 0.29) is 5.91 Å². The fourth-order valence-corrected chi connectivity index (χ4v) is 2.95. The van der Waals surface area contributed by atoms with Gasteiger partial charge in [-0.2, -0.15) is 0 Å². The van der Waals surface area contributed by atoms with Gasteiger partial charge in [0.2, 0.25) is 0 Å². The Bertz CT molecular complexity index is 710. The molecule has 0 aromatic heterocycles. The Morgan fingerprint density at radius 1 is 1.17 bits per heavy atom. The number of hydrogen-bond donors (Lipinski definition) is 1. The molecule has 4 nitrogen and oxygen atoms in total. The summed E-state index contributed by atoms with van der Waals surface area (Å²) in [6.07, 6.45) is 0.956. The molecular weight excluding hydrogens is 324 g/mol. The van der Waals surface area contributed by atoms with Crippen molar-refractivity contribution >= 4 is 28.9 Å². The number of benzene rings is 2. The average molecular weight is 345 g/mol. The molecule has 2 aromatic rings. The van der Waals surface area contributed by atoms with Crippen LogP contribution in [-0.4, -0.2) is 32.2 Å². The van der Waals surface area contributed by atoms with Gasteiger partial charge in [0.1, 0.15) is 0 Å². The number of rotatable bonds is 4. The zero-order valence-corrected chi connectivity index (χ0v) is 14.5. The van der Waals surface area contributed by atoms with Crippen molar-refractivity contribution in [3.63, 3.8) is 0 Å². The molecule has 0 bridgehead atoms. The normalized spacial score (nSPS) is 14.5. The third kappa shape index (κ3) is 3.89. The van der Waals surface area contributed by atoms with Crippen LogP contribution in [0.15, 0.2) is 42.5 Å². The molecule has 0 unspecified atom stereocenters. The summed E-state index contributed by atoms with van der Waals surface area (Å²) >= 11 is 6.13. The van der Waals surface area contributed by atoms with Crippen LogP contribution in [0.25, 0.3) is 0 Å². The summed E-state index contributed by atoms with van der Waals surface area (Å²) in [7, 11) is 0. The lowest BCUT2D eigenvalue weighted by Gasteiger charge is -2.30. The molecule has 1 saturated heterocycles. The predicted molar refractivity (Wildman–Crippen MR) is 98.3 cm³/mol. The summed E-state index contributed by atoms with van der Waals surface area (Å²) in [6, 6.07) is 13.3. The van der Waals surface area contributed by atoms with E-state index in [1.165, 1.54) is 5.56 Å². The van der Waals surface area contributed by atoms with Gasteiger partial charge < -0.3 is 15.0 Å². The van der Waals surface area contributed by atoms with E-state index < -0.39 is 0 Å². The highest BCUT2D eigenvalue weighted by Crippen LogP contribution is 2.30. The van der Waals surface area contributed by atoms with E-state index in [2.05, 4.69) is 17.1 Å². The van der Waals surface area contributed by atoms with Crippen molar-refractivity contribution in [1.29, 1.82) is 0 Å². The highest BCUT2D eigenvalue weighted by molar-refractivity contribution is 6.31. The van der Waals surface area contributed by atoms with Crippen LogP contribution in [0.3, 0.4) is 0 Å². The Labute approximate surface area is 147 Å². The highest BCUT2D eigenvalue weighted by atomic mass is 35.5.